The predicted octanol–water partition coefficient (Wildman–Crippen LogP) is 2.26. The van der Waals surface area contributed by atoms with Gasteiger partial charge < -0.3 is 10.1 Å². The van der Waals surface area contributed by atoms with Crippen LogP contribution in [0.5, 0.6) is 0 Å². The highest BCUT2D eigenvalue weighted by molar-refractivity contribution is 6.05. The van der Waals surface area contributed by atoms with Crippen LogP contribution in [0.2, 0.25) is 0 Å². The van der Waals surface area contributed by atoms with Gasteiger partial charge in [-0.1, -0.05) is 25.1 Å². The van der Waals surface area contributed by atoms with E-state index in [0.717, 1.165) is 41.4 Å². The highest BCUT2D eigenvalue weighted by Gasteiger charge is 2.26. The van der Waals surface area contributed by atoms with Crippen LogP contribution in [0.25, 0.3) is 10.9 Å². The van der Waals surface area contributed by atoms with E-state index in [0.29, 0.717) is 11.5 Å². The van der Waals surface area contributed by atoms with Gasteiger partial charge >= 0.3 is 5.97 Å². The van der Waals surface area contributed by atoms with E-state index in [1.54, 1.807) is 0 Å². The van der Waals surface area contributed by atoms with Crippen LogP contribution >= 0.6 is 0 Å². The number of para-hydroxylation sites is 1. The minimum Gasteiger partial charge on any atom is -0.452 e. The zero-order valence-corrected chi connectivity index (χ0v) is 13.4. The lowest BCUT2D eigenvalue weighted by atomic mass is 9.84. The zero-order chi connectivity index (χ0) is 16.4. The summed E-state index contributed by atoms with van der Waals surface area (Å²) >= 11 is 0. The fraction of sp³-hybridized carbons (Fsp3) is 0.389. The monoisotopic (exact) mass is 312 g/mol. The molecule has 1 heterocycles. The van der Waals surface area contributed by atoms with E-state index in [1.807, 2.05) is 24.3 Å². The van der Waals surface area contributed by atoms with Crippen molar-refractivity contribution in [1.29, 1.82) is 0 Å². The molecule has 1 N–H and O–H groups in total. The molecule has 5 heteroatoms. The van der Waals surface area contributed by atoms with E-state index in [2.05, 4.69) is 12.2 Å². The van der Waals surface area contributed by atoms with Crippen LogP contribution in [0.4, 0.5) is 0 Å². The van der Waals surface area contributed by atoms with Gasteiger partial charge in [0.2, 0.25) is 0 Å². The molecule has 0 aliphatic heterocycles. The summed E-state index contributed by atoms with van der Waals surface area (Å²) in [6, 6.07) is 7.59. The van der Waals surface area contributed by atoms with E-state index in [4.69, 9.17) is 9.72 Å². The third-order valence-corrected chi connectivity index (χ3v) is 4.32. The molecule has 0 radical (unpaired) electrons. The first kappa shape index (κ1) is 15.5. The Kier molecular flexibility index (Phi) is 4.28. The summed E-state index contributed by atoms with van der Waals surface area (Å²) in [6.07, 6.45) is 2.76. The Morgan fingerprint density at radius 2 is 2.13 bits per heavy atom. The first-order valence-electron chi connectivity index (χ1n) is 7.88. The number of fused-ring (bicyclic) bond motifs is 2. The number of benzene rings is 1. The molecule has 0 saturated carbocycles. The lowest BCUT2D eigenvalue weighted by molar-refractivity contribution is -0.123. The van der Waals surface area contributed by atoms with Crippen molar-refractivity contribution in [3.63, 3.8) is 0 Å². The fourth-order valence-electron chi connectivity index (χ4n) is 3.07. The normalized spacial score (nSPS) is 16.7. The van der Waals surface area contributed by atoms with Gasteiger partial charge in [-0.15, -0.1) is 0 Å². The van der Waals surface area contributed by atoms with Crippen LogP contribution in [0.15, 0.2) is 24.3 Å². The Balaban J connectivity index is 2.07. The summed E-state index contributed by atoms with van der Waals surface area (Å²) in [4.78, 5) is 28.7. The van der Waals surface area contributed by atoms with E-state index in [1.165, 1.54) is 7.05 Å². The average Bonchev–Trinajstić information content (AvgIpc) is 2.57. The molecule has 1 aliphatic rings. The van der Waals surface area contributed by atoms with Crippen LogP contribution in [0.1, 0.15) is 35.0 Å². The minimum absolute atomic E-state index is 0.268. The predicted molar refractivity (Wildman–Crippen MR) is 87.3 cm³/mol. The topological polar surface area (TPSA) is 68.3 Å². The Hall–Kier alpha value is -2.43. The highest BCUT2D eigenvalue weighted by Crippen LogP contribution is 2.31. The Labute approximate surface area is 135 Å². The Morgan fingerprint density at radius 3 is 2.91 bits per heavy atom. The van der Waals surface area contributed by atoms with E-state index in [-0.39, 0.29) is 12.5 Å². The number of aryl methyl sites for hydroxylation is 1. The number of likely N-dealkylation sites (N-methyl/N-ethyl adjacent to an activating group) is 1. The number of pyridine rings is 1. The van der Waals surface area contributed by atoms with Gasteiger partial charge in [-0.3, -0.25) is 9.78 Å². The van der Waals surface area contributed by atoms with E-state index < -0.39 is 5.97 Å². The Bertz CT molecular complexity index is 770. The number of carbonyl (C=O) groups is 2. The first-order valence-corrected chi connectivity index (χ1v) is 7.88. The van der Waals surface area contributed by atoms with Gasteiger partial charge in [0.05, 0.1) is 11.1 Å². The third kappa shape index (κ3) is 3.04. The van der Waals surface area contributed by atoms with Crippen LogP contribution in [0.3, 0.4) is 0 Å². The maximum atomic E-state index is 12.6. The van der Waals surface area contributed by atoms with Crippen molar-refractivity contribution < 1.29 is 14.3 Å². The number of aromatic nitrogens is 1. The number of amides is 1. The molecule has 1 atom stereocenters. The number of rotatable bonds is 3. The largest absolute Gasteiger partial charge is 0.452 e. The number of carbonyl (C=O) groups excluding carboxylic acids is 2. The van der Waals surface area contributed by atoms with Gasteiger partial charge in [0.25, 0.3) is 5.91 Å². The van der Waals surface area contributed by atoms with Gasteiger partial charge in [0.1, 0.15) is 0 Å². The van der Waals surface area contributed by atoms with E-state index >= 15 is 0 Å². The SMILES string of the molecule is CNC(=O)COC(=O)c1c2c(nc3ccccc13)CC[C@H](C)C2. The second-order valence-corrected chi connectivity index (χ2v) is 6.03. The molecule has 120 valence electrons. The fourth-order valence-corrected chi connectivity index (χ4v) is 3.07. The summed E-state index contributed by atoms with van der Waals surface area (Å²) < 4.78 is 5.21. The summed E-state index contributed by atoms with van der Waals surface area (Å²) in [7, 11) is 1.52. The lowest BCUT2D eigenvalue weighted by Crippen LogP contribution is -2.26. The molecule has 3 rings (SSSR count). The quantitative estimate of drug-likeness (QED) is 0.883. The van der Waals surface area contributed by atoms with Crippen molar-refractivity contribution in [1.82, 2.24) is 10.3 Å². The molecule has 0 bridgehead atoms. The third-order valence-electron chi connectivity index (χ3n) is 4.32. The molecule has 0 spiro atoms. The van der Waals surface area contributed by atoms with Gasteiger partial charge in [0, 0.05) is 18.1 Å². The van der Waals surface area contributed by atoms with Crippen molar-refractivity contribution in [3.05, 3.63) is 41.1 Å². The maximum Gasteiger partial charge on any atom is 0.339 e. The van der Waals surface area contributed by atoms with Gasteiger partial charge in [-0.2, -0.15) is 0 Å². The van der Waals surface area contributed by atoms with Crippen molar-refractivity contribution in [2.75, 3.05) is 13.7 Å². The molecular weight excluding hydrogens is 292 g/mol. The summed E-state index contributed by atoms with van der Waals surface area (Å²) in [5.41, 5.74) is 3.33. The smallest absolute Gasteiger partial charge is 0.339 e. The molecule has 2 aromatic rings. The number of nitrogens with zero attached hydrogens (tertiary/aromatic N) is 1. The van der Waals surface area contributed by atoms with Crippen LogP contribution in [0, 0.1) is 5.92 Å². The van der Waals surface area contributed by atoms with Gasteiger partial charge in [0.15, 0.2) is 6.61 Å². The summed E-state index contributed by atoms with van der Waals surface area (Å²) in [5, 5.41) is 3.24. The molecule has 0 unspecified atom stereocenters. The molecule has 23 heavy (non-hydrogen) atoms. The zero-order valence-electron chi connectivity index (χ0n) is 13.4. The summed E-state index contributed by atoms with van der Waals surface area (Å²) in [5.74, 6) is -0.257. The molecule has 1 aliphatic carbocycles. The number of hydrogen-bond acceptors (Lipinski definition) is 4. The van der Waals surface area contributed by atoms with Gasteiger partial charge in [-0.05, 0) is 36.8 Å². The molecule has 1 aromatic heterocycles. The number of esters is 1. The Morgan fingerprint density at radius 1 is 1.35 bits per heavy atom. The van der Waals surface area contributed by atoms with E-state index in [9.17, 15) is 9.59 Å². The molecule has 0 fully saturated rings. The van der Waals surface area contributed by atoms with Crippen molar-refractivity contribution in [2.45, 2.75) is 26.2 Å². The minimum atomic E-state index is -0.447. The first-order chi connectivity index (χ1) is 11.1. The summed E-state index contributed by atoms with van der Waals surface area (Å²) in [6.45, 7) is 1.91. The standard InChI is InChI=1S/C18H20N2O3/c1-11-7-8-15-13(9-11)17(18(22)23-10-16(21)19-2)12-5-3-4-6-14(12)20-15/h3-6,11H,7-10H2,1-2H3,(H,19,21)/t11-/m0/s1. The highest BCUT2D eigenvalue weighted by atomic mass is 16.5. The average molecular weight is 312 g/mol. The van der Waals surface area contributed by atoms with Crippen molar-refractivity contribution >= 4 is 22.8 Å². The molecule has 5 nitrogen and oxygen atoms in total. The number of hydrogen-bond donors (Lipinski definition) is 1. The van der Waals surface area contributed by atoms with Crippen LogP contribution in [-0.2, 0) is 22.4 Å². The molecule has 1 amide bonds. The number of nitrogens with one attached hydrogen (secondary N) is 1. The van der Waals surface area contributed by atoms with Crippen LogP contribution < -0.4 is 5.32 Å². The van der Waals surface area contributed by atoms with Crippen molar-refractivity contribution in [2.24, 2.45) is 5.92 Å². The lowest BCUT2D eigenvalue weighted by Gasteiger charge is -2.24. The molecular formula is C18H20N2O3. The van der Waals surface area contributed by atoms with Gasteiger partial charge in [-0.25, -0.2) is 4.79 Å². The molecule has 0 saturated heterocycles. The number of ether oxygens (including phenoxy) is 1. The maximum absolute atomic E-state index is 12.6. The second kappa shape index (κ2) is 6.36. The van der Waals surface area contributed by atoms with Crippen LogP contribution in [-0.4, -0.2) is 30.5 Å². The second-order valence-electron chi connectivity index (χ2n) is 6.03. The van der Waals surface area contributed by atoms with Crippen molar-refractivity contribution in [3.8, 4) is 0 Å². The molecule has 1 aromatic carbocycles.